The molecule has 0 unspecified atom stereocenters. The number of carbonyl (C=O) groups excluding carboxylic acids is 1. The number of nitrogens with one attached hydrogen (secondary N) is 1. The standard InChI is InChI=1S/C14H20N2O3S/c15-14(19)9-1-3-10(4-2-9)16-8-12-6-5-11(20-12)7-13(17)18/h5-6,9-10,16H,1-4,7-8H2,(H2,15,19)(H,17,18). The van der Waals surface area contributed by atoms with E-state index in [2.05, 4.69) is 5.32 Å². The second-order valence-corrected chi connectivity index (χ2v) is 6.52. The van der Waals surface area contributed by atoms with Crippen LogP contribution >= 0.6 is 11.3 Å². The van der Waals surface area contributed by atoms with Crippen LogP contribution in [0.1, 0.15) is 35.4 Å². The summed E-state index contributed by atoms with van der Waals surface area (Å²) in [4.78, 5) is 23.7. The van der Waals surface area contributed by atoms with Gasteiger partial charge in [0.15, 0.2) is 0 Å². The van der Waals surface area contributed by atoms with Crippen molar-refractivity contribution in [1.29, 1.82) is 0 Å². The van der Waals surface area contributed by atoms with Crippen LogP contribution < -0.4 is 11.1 Å². The van der Waals surface area contributed by atoms with Crippen LogP contribution in [0.15, 0.2) is 12.1 Å². The van der Waals surface area contributed by atoms with Crippen LogP contribution in [0.5, 0.6) is 0 Å². The Morgan fingerprint density at radius 2 is 1.90 bits per heavy atom. The summed E-state index contributed by atoms with van der Waals surface area (Å²) in [5.74, 6) is -0.937. The zero-order valence-corrected chi connectivity index (χ0v) is 12.1. The SMILES string of the molecule is NC(=O)C1CCC(NCc2ccc(CC(=O)O)s2)CC1. The van der Waals surface area contributed by atoms with E-state index in [1.54, 1.807) is 0 Å². The van der Waals surface area contributed by atoms with Gasteiger partial charge in [-0.1, -0.05) is 0 Å². The molecule has 5 nitrogen and oxygen atoms in total. The fourth-order valence-electron chi connectivity index (χ4n) is 2.59. The maximum atomic E-state index is 11.1. The largest absolute Gasteiger partial charge is 0.481 e. The van der Waals surface area contributed by atoms with Crippen molar-refractivity contribution >= 4 is 23.2 Å². The van der Waals surface area contributed by atoms with E-state index in [0.29, 0.717) is 6.04 Å². The van der Waals surface area contributed by atoms with Crippen molar-refractivity contribution in [3.05, 3.63) is 21.9 Å². The minimum atomic E-state index is -0.795. The van der Waals surface area contributed by atoms with Gasteiger partial charge in [0, 0.05) is 28.3 Å². The normalized spacial score (nSPS) is 22.6. The van der Waals surface area contributed by atoms with E-state index >= 15 is 0 Å². The van der Waals surface area contributed by atoms with Crippen molar-refractivity contribution in [2.45, 2.75) is 44.7 Å². The smallest absolute Gasteiger partial charge is 0.308 e. The van der Waals surface area contributed by atoms with Crippen molar-refractivity contribution in [3.63, 3.8) is 0 Å². The third kappa shape index (κ3) is 4.31. The first kappa shape index (κ1) is 15.0. The Bertz CT molecular complexity index is 479. The van der Waals surface area contributed by atoms with Crippen LogP contribution in [-0.2, 0) is 22.6 Å². The zero-order chi connectivity index (χ0) is 14.5. The minimum absolute atomic E-state index is 0.0388. The topological polar surface area (TPSA) is 92.4 Å². The number of aliphatic carboxylic acids is 1. The van der Waals surface area contributed by atoms with E-state index in [9.17, 15) is 9.59 Å². The first-order valence-electron chi connectivity index (χ1n) is 6.86. The van der Waals surface area contributed by atoms with E-state index in [-0.39, 0.29) is 18.2 Å². The monoisotopic (exact) mass is 296 g/mol. The van der Waals surface area contributed by atoms with E-state index in [1.165, 1.54) is 11.3 Å². The quantitative estimate of drug-likeness (QED) is 0.742. The van der Waals surface area contributed by atoms with Crippen LogP contribution in [0.4, 0.5) is 0 Å². The van der Waals surface area contributed by atoms with Crippen molar-refractivity contribution in [2.75, 3.05) is 0 Å². The molecule has 1 aromatic rings. The summed E-state index contributed by atoms with van der Waals surface area (Å²) >= 11 is 1.54. The van der Waals surface area contributed by atoms with Crippen molar-refractivity contribution in [1.82, 2.24) is 5.32 Å². The highest BCUT2D eigenvalue weighted by Crippen LogP contribution is 2.24. The van der Waals surface area contributed by atoms with Crippen molar-refractivity contribution in [2.24, 2.45) is 11.7 Å². The molecule has 0 spiro atoms. The van der Waals surface area contributed by atoms with Crippen LogP contribution in [0.3, 0.4) is 0 Å². The lowest BCUT2D eigenvalue weighted by Crippen LogP contribution is -2.36. The van der Waals surface area contributed by atoms with Gasteiger partial charge in [-0.2, -0.15) is 0 Å². The molecule has 0 radical (unpaired) electrons. The highest BCUT2D eigenvalue weighted by Gasteiger charge is 2.24. The summed E-state index contributed by atoms with van der Waals surface area (Å²) in [5.41, 5.74) is 5.31. The number of nitrogens with two attached hydrogens (primary N) is 1. The number of carboxylic acids is 1. The molecular formula is C14H20N2O3S. The van der Waals surface area contributed by atoms with Gasteiger partial charge in [0.25, 0.3) is 0 Å². The molecule has 1 aliphatic carbocycles. The molecule has 0 atom stereocenters. The van der Waals surface area contributed by atoms with E-state index < -0.39 is 5.97 Å². The molecule has 4 N–H and O–H groups in total. The van der Waals surface area contributed by atoms with E-state index in [4.69, 9.17) is 10.8 Å². The Kier molecular flexibility index (Phi) is 5.14. The van der Waals surface area contributed by atoms with Gasteiger partial charge in [-0.15, -0.1) is 11.3 Å². The molecule has 20 heavy (non-hydrogen) atoms. The number of hydrogen-bond donors (Lipinski definition) is 3. The molecule has 1 heterocycles. The lowest BCUT2D eigenvalue weighted by molar-refractivity contribution is -0.136. The Balaban J connectivity index is 1.74. The average Bonchev–Trinajstić information content (AvgIpc) is 2.83. The fraction of sp³-hybridized carbons (Fsp3) is 0.571. The second-order valence-electron chi connectivity index (χ2n) is 5.27. The Labute approximate surface area is 122 Å². The van der Waals surface area contributed by atoms with Crippen LogP contribution in [-0.4, -0.2) is 23.0 Å². The Hall–Kier alpha value is -1.40. The number of rotatable bonds is 6. The molecule has 6 heteroatoms. The summed E-state index contributed by atoms with van der Waals surface area (Å²) in [6.45, 7) is 0.760. The molecule has 1 aliphatic rings. The first-order valence-corrected chi connectivity index (χ1v) is 7.68. The average molecular weight is 296 g/mol. The predicted molar refractivity (Wildman–Crippen MR) is 77.4 cm³/mol. The van der Waals surface area contributed by atoms with Gasteiger partial charge in [0.2, 0.25) is 5.91 Å². The van der Waals surface area contributed by atoms with Gasteiger partial charge in [0.05, 0.1) is 6.42 Å². The molecule has 1 aromatic heterocycles. The van der Waals surface area contributed by atoms with Crippen LogP contribution in [0, 0.1) is 5.92 Å². The van der Waals surface area contributed by atoms with Crippen LogP contribution in [0.2, 0.25) is 0 Å². The van der Waals surface area contributed by atoms with Crippen molar-refractivity contribution in [3.8, 4) is 0 Å². The Morgan fingerprint density at radius 3 is 2.50 bits per heavy atom. The molecule has 1 amide bonds. The lowest BCUT2D eigenvalue weighted by Gasteiger charge is -2.27. The zero-order valence-electron chi connectivity index (χ0n) is 11.3. The van der Waals surface area contributed by atoms with Gasteiger partial charge in [-0.3, -0.25) is 9.59 Å². The molecule has 1 saturated carbocycles. The number of primary amides is 1. The highest BCUT2D eigenvalue weighted by molar-refractivity contribution is 7.12. The van der Waals surface area contributed by atoms with Gasteiger partial charge >= 0.3 is 5.97 Å². The third-order valence-electron chi connectivity index (χ3n) is 3.74. The maximum Gasteiger partial charge on any atom is 0.308 e. The minimum Gasteiger partial charge on any atom is -0.481 e. The molecular weight excluding hydrogens is 276 g/mol. The van der Waals surface area contributed by atoms with Gasteiger partial charge in [-0.25, -0.2) is 0 Å². The van der Waals surface area contributed by atoms with E-state index in [0.717, 1.165) is 42.0 Å². The van der Waals surface area contributed by atoms with Gasteiger partial charge < -0.3 is 16.2 Å². The molecule has 1 fully saturated rings. The van der Waals surface area contributed by atoms with Gasteiger partial charge in [-0.05, 0) is 37.8 Å². The maximum absolute atomic E-state index is 11.1. The highest BCUT2D eigenvalue weighted by atomic mass is 32.1. The molecule has 110 valence electrons. The summed E-state index contributed by atoms with van der Waals surface area (Å²) in [6, 6.07) is 4.28. The summed E-state index contributed by atoms with van der Waals surface area (Å²) < 4.78 is 0. The van der Waals surface area contributed by atoms with Crippen molar-refractivity contribution < 1.29 is 14.7 Å². The molecule has 0 saturated heterocycles. The first-order chi connectivity index (χ1) is 9.54. The molecule has 0 aliphatic heterocycles. The molecule has 0 aromatic carbocycles. The fourth-order valence-corrected chi connectivity index (χ4v) is 3.55. The number of carboxylic acid groups (broad SMARTS) is 1. The summed E-state index contributed by atoms with van der Waals surface area (Å²) in [7, 11) is 0. The number of hydrogen-bond acceptors (Lipinski definition) is 4. The summed E-state index contributed by atoms with van der Waals surface area (Å²) in [5, 5.41) is 12.2. The van der Waals surface area contributed by atoms with E-state index in [1.807, 2.05) is 12.1 Å². The lowest BCUT2D eigenvalue weighted by atomic mass is 9.85. The Morgan fingerprint density at radius 1 is 1.25 bits per heavy atom. The third-order valence-corrected chi connectivity index (χ3v) is 4.82. The summed E-state index contributed by atoms with van der Waals surface area (Å²) in [6.07, 6.45) is 3.76. The predicted octanol–water partition coefficient (Wildman–Crippen LogP) is 1.51. The number of thiophene rings is 1. The molecule has 0 bridgehead atoms. The molecule has 2 rings (SSSR count). The number of carbonyl (C=O) groups is 2. The second kappa shape index (κ2) is 6.85. The number of amides is 1. The van der Waals surface area contributed by atoms with Gasteiger partial charge in [0.1, 0.15) is 0 Å². The van der Waals surface area contributed by atoms with Crippen LogP contribution in [0.25, 0.3) is 0 Å².